The number of nitro groups is 1. The van der Waals surface area contributed by atoms with Crippen LogP contribution < -0.4 is 5.73 Å². The Labute approximate surface area is 99.6 Å². The third-order valence-electron chi connectivity index (χ3n) is 2.32. The molecule has 0 aromatic heterocycles. The number of nitrogens with zero attached hydrogens (tertiary/aromatic N) is 1. The van der Waals surface area contributed by atoms with Crippen molar-refractivity contribution in [1.29, 1.82) is 0 Å². The normalized spacial score (nSPS) is 12.8. The lowest BCUT2D eigenvalue weighted by molar-refractivity contribution is -0.384. The molecular formula is C11H15ClN2O2. The van der Waals surface area contributed by atoms with E-state index in [4.69, 9.17) is 17.3 Å². The predicted molar refractivity (Wildman–Crippen MR) is 64.5 cm³/mol. The average molecular weight is 243 g/mol. The second-order valence-corrected chi connectivity index (χ2v) is 4.61. The zero-order valence-corrected chi connectivity index (χ0v) is 10.1. The second-order valence-electron chi connectivity index (χ2n) is 4.20. The van der Waals surface area contributed by atoms with Gasteiger partial charge in [0.1, 0.15) is 0 Å². The Morgan fingerprint density at radius 3 is 2.56 bits per heavy atom. The molecule has 0 saturated heterocycles. The Balaban J connectivity index is 2.94. The van der Waals surface area contributed by atoms with Gasteiger partial charge in [0.15, 0.2) is 0 Å². The van der Waals surface area contributed by atoms with Crippen LogP contribution in [0.25, 0.3) is 0 Å². The van der Waals surface area contributed by atoms with Crippen molar-refractivity contribution in [3.8, 4) is 0 Å². The molecule has 2 N–H and O–H groups in total. The maximum atomic E-state index is 10.5. The van der Waals surface area contributed by atoms with Crippen molar-refractivity contribution in [2.45, 2.75) is 26.3 Å². The number of nitro benzene ring substituents is 1. The quantitative estimate of drug-likeness (QED) is 0.651. The topological polar surface area (TPSA) is 69.2 Å². The predicted octanol–water partition coefficient (Wildman–Crippen LogP) is 3.29. The number of benzene rings is 1. The fourth-order valence-electron chi connectivity index (χ4n) is 1.57. The van der Waals surface area contributed by atoms with Crippen molar-refractivity contribution < 1.29 is 4.92 Å². The maximum Gasteiger partial charge on any atom is 0.270 e. The van der Waals surface area contributed by atoms with Gasteiger partial charge in [0.25, 0.3) is 5.69 Å². The molecule has 1 atom stereocenters. The molecule has 1 aromatic rings. The molecule has 1 aromatic carbocycles. The van der Waals surface area contributed by atoms with Crippen LogP contribution in [-0.4, -0.2) is 4.92 Å². The number of non-ortho nitro benzene ring substituents is 1. The number of nitrogens with two attached hydrogens (primary N) is 1. The summed E-state index contributed by atoms with van der Waals surface area (Å²) in [6.07, 6.45) is 0.803. The van der Waals surface area contributed by atoms with Crippen molar-refractivity contribution in [1.82, 2.24) is 0 Å². The average Bonchev–Trinajstić information content (AvgIpc) is 2.15. The second kappa shape index (κ2) is 5.27. The van der Waals surface area contributed by atoms with Crippen LogP contribution in [0.15, 0.2) is 18.2 Å². The monoisotopic (exact) mass is 242 g/mol. The summed E-state index contributed by atoms with van der Waals surface area (Å²) in [4.78, 5) is 10.1. The minimum absolute atomic E-state index is 0.00880. The Morgan fingerprint density at radius 2 is 2.12 bits per heavy atom. The highest BCUT2D eigenvalue weighted by Gasteiger charge is 2.15. The molecule has 0 aliphatic carbocycles. The van der Waals surface area contributed by atoms with Crippen LogP contribution in [0.5, 0.6) is 0 Å². The molecule has 1 rings (SSSR count). The van der Waals surface area contributed by atoms with Gasteiger partial charge in [-0.25, -0.2) is 0 Å². The molecule has 88 valence electrons. The molecule has 1 unspecified atom stereocenters. The van der Waals surface area contributed by atoms with E-state index in [1.165, 1.54) is 12.1 Å². The SMILES string of the molecule is CC(C)CC(N)c1ccc([N+](=O)[O-])cc1Cl. The number of rotatable bonds is 4. The van der Waals surface area contributed by atoms with Gasteiger partial charge in [0.05, 0.1) is 9.95 Å². The zero-order valence-electron chi connectivity index (χ0n) is 9.31. The van der Waals surface area contributed by atoms with E-state index in [-0.39, 0.29) is 11.7 Å². The van der Waals surface area contributed by atoms with Crippen molar-refractivity contribution in [2.24, 2.45) is 11.7 Å². The molecule has 5 heteroatoms. The van der Waals surface area contributed by atoms with Crippen molar-refractivity contribution >= 4 is 17.3 Å². The van der Waals surface area contributed by atoms with Gasteiger partial charge in [-0.2, -0.15) is 0 Å². The van der Waals surface area contributed by atoms with Crippen LogP contribution in [-0.2, 0) is 0 Å². The van der Waals surface area contributed by atoms with Crippen LogP contribution >= 0.6 is 11.6 Å². The third-order valence-corrected chi connectivity index (χ3v) is 2.65. The molecule has 0 saturated carbocycles. The summed E-state index contributed by atoms with van der Waals surface area (Å²) in [5.74, 6) is 0.459. The van der Waals surface area contributed by atoms with E-state index >= 15 is 0 Å². The highest BCUT2D eigenvalue weighted by atomic mass is 35.5. The van der Waals surface area contributed by atoms with E-state index < -0.39 is 4.92 Å². The Morgan fingerprint density at radius 1 is 1.50 bits per heavy atom. The summed E-state index contributed by atoms with van der Waals surface area (Å²) in [6, 6.07) is 4.24. The van der Waals surface area contributed by atoms with Gasteiger partial charge in [0.2, 0.25) is 0 Å². The Kier molecular flexibility index (Phi) is 4.26. The Hall–Kier alpha value is -1.13. The summed E-state index contributed by atoms with van der Waals surface area (Å²) in [5.41, 5.74) is 6.72. The van der Waals surface area contributed by atoms with Gasteiger partial charge in [0, 0.05) is 18.2 Å². The van der Waals surface area contributed by atoms with Gasteiger partial charge in [-0.3, -0.25) is 10.1 Å². The van der Waals surface area contributed by atoms with Gasteiger partial charge in [-0.05, 0) is 24.0 Å². The van der Waals surface area contributed by atoms with Crippen molar-refractivity contribution in [3.05, 3.63) is 38.9 Å². The summed E-state index contributed by atoms with van der Waals surface area (Å²) < 4.78 is 0. The van der Waals surface area contributed by atoms with Crippen molar-refractivity contribution in [3.63, 3.8) is 0 Å². The highest BCUT2D eigenvalue weighted by Crippen LogP contribution is 2.29. The van der Waals surface area contributed by atoms with Crippen LogP contribution in [0.4, 0.5) is 5.69 Å². The zero-order chi connectivity index (χ0) is 12.3. The van der Waals surface area contributed by atoms with Crippen molar-refractivity contribution in [2.75, 3.05) is 0 Å². The van der Waals surface area contributed by atoms with E-state index in [9.17, 15) is 10.1 Å². The first-order chi connectivity index (χ1) is 7.41. The molecule has 0 amide bonds. The maximum absolute atomic E-state index is 10.5. The highest BCUT2D eigenvalue weighted by molar-refractivity contribution is 6.31. The molecule has 0 heterocycles. The molecule has 0 radical (unpaired) electrons. The molecular weight excluding hydrogens is 228 g/mol. The van der Waals surface area contributed by atoms with Crippen LogP contribution in [0.1, 0.15) is 31.9 Å². The molecule has 0 aliphatic heterocycles. The van der Waals surface area contributed by atoms with Gasteiger partial charge >= 0.3 is 0 Å². The van der Waals surface area contributed by atoms with Crippen LogP contribution in [0.3, 0.4) is 0 Å². The molecule has 16 heavy (non-hydrogen) atoms. The van der Waals surface area contributed by atoms with Gasteiger partial charge in [-0.15, -0.1) is 0 Å². The van der Waals surface area contributed by atoms with Crippen LogP contribution in [0, 0.1) is 16.0 Å². The summed E-state index contributed by atoms with van der Waals surface area (Å²) in [6.45, 7) is 4.14. The molecule has 0 fully saturated rings. The van der Waals surface area contributed by atoms with E-state index in [0.717, 1.165) is 12.0 Å². The standard InChI is InChI=1S/C11H15ClN2O2/c1-7(2)5-11(13)9-4-3-8(14(15)16)6-10(9)12/h3-4,6-7,11H,5,13H2,1-2H3. The summed E-state index contributed by atoms with van der Waals surface area (Å²) in [7, 11) is 0. The number of halogens is 1. The molecule has 0 bridgehead atoms. The molecule has 4 nitrogen and oxygen atoms in total. The van der Waals surface area contributed by atoms with Crippen LogP contribution in [0.2, 0.25) is 5.02 Å². The lowest BCUT2D eigenvalue weighted by Gasteiger charge is -2.15. The van der Waals surface area contributed by atoms with Gasteiger partial charge in [-0.1, -0.05) is 25.4 Å². The lowest BCUT2D eigenvalue weighted by Crippen LogP contribution is -2.13. The lowest BCUT2D eigenvalue weighted by atomic mass is 9.98. The molecule has 0 spiro atoms. The summed E-state index contributed by atoms with van der Waals surface area (Å²) in [5, 5.41) is 10.9. The fourth-order valence-corrected chi connectivity index (χ4v) is 1.88. The van der Waals surface area contributed by atoms with E-state index in [0.29, 0.717) is 10.9 Å². The minimum Gasteiger partial charge on any atom is -0.324 e. The van der Waals surface area contributed by atoms with E-state index in [2.05, 4.69) is 13.8 Å². The Bertz CT molecular complexity index is 394. The van der Waals surface area contributed by atoms with E-state index in [1.807, 2.05) is 0 Å². The molecule has 0 aliphatic rings. The first-order valence-electron chi connectivity index (χ1n) is 5.11. The largest absolute Gasteiger partial charge is 0.324 e. The van der Waals surface area contributed by atoms with E-state index in [1.54, 1.807) is 6.07 Å². The fraction of sp³-hybridized carbons (Fsp3) is 0.455. The number of hydrogen-bond acceptors (Lipinski definition) is 3. The third kappa shape index (κ3) is 3.18. The number of hydrogen-bond donors (Lipinski definition) is 1. The summed E-state index contributed by atoms with van der Waals surface area (Å²) >= 11 is 5.97. The van der Waals surface area contributed by atoms with Gasteiger partial charge < -0.3 is 5.73 Å². The first-order valence-corrected chi connectivity index (χ1v) is 5.49. The first kappa shape index (κ1) is 12.9. The smallest absolute Gasteiger partial charge is 0.270 e. The minimum atomic E-state index is -0.469.